The topological polar surface area (TPSA) is 73.6 Å². The van der Waals surface area contributed by atoms with Crippen LogP contribution in [0.3, 0.4) is 0 Å². The van der Waals surface area contributed by atoms with Gasteiger partial charge in [0.25, 0.3) is 0 Å². The van der Waals surface area contributed by atoms with E-state index < -0.39 is 5.91 Å². The molecular formula is C9H18N2O3. The molecule has 1 aliphatic heterocycles. The van der Waals surface area contributed by atoms with Crippen LogP contribution in [0.15, 0.2) is 0 Å². The lowest BCUT2D eigenvalue weighted by molar-refractivity contribution is -0.126. The van der Waals surface area contributed by atoms with Crippen LogP contribution in [-0.4, -0.2) is 30.8 Å². The summed E-state index contributed by atoms with van der Waals surface area (Å²) in [5, 5.41) is 0. The van der Waals surface area contributed by atoms with Crippen LogP contribution in [0.1, 0.15) is 26.7 Å². The van der Waals surface area contributed by atoms with Crippen molar-refractivity contribution in [2.45, 2.75) is 38.4 Å². The Kier molecular flexibility index (Phi) is 3.86. The fourth-order valence-corrected chi connectivity index (χ4v) is 1.50. The lowest BCUT2D eigenvalue weighted by Gasteiger charge is -2.19. The van der Waals surface area contributed by atoms with Gasteiger partial charge in [-0.05, 0) is 26.7 Å². The van der Waals surface area contributed by atoms with Crippen molar-refractivity contribution in [3.05, 3.63) is 0 Å². The summed E-state index contributed by atoms with van der Waals surface area (Å²) in [4.78, 5) is 15.1. The van der Waals surface area contributed by atoms with E-state index >= 15 is 0 Å². The van der Waals surface area contributed by atoms with Gasteiger partial charge in [-0.25, -0.2) is 0 Å². The molecule has 0 radical (unpaired) electrons. The van der Waals surface area contributed by atoms with Crippen molar-refractivity contribution in [2.75, 3.05) is 13.2 Å². The second-order valence-electron chi connectivity index (χ2n) is 4.14. The molecule has 0 aromatic heterocycles. The number of nitrogens with one attached hydrogen (secondary N) is 1. The van der Waals surface area contributed by atoms with Crippen LogP contribution < -0.4 is 11.2 Å². The Morgan fingerprint density at radius 2 is 2.43 bits per heavy atom. The summed E-state index contributed by atoms with van der Waals surface area (Å²) in [6.45, 7) is 4.63. The molecule has 1 amide bonds. The number of carbonyl (C=O) groups excluding carboxylic acids is 1. The number of hydroxylamine groups is 1. The molecular weight excluding hydrogens is 184 g/mol. The lowest BCUT2D eigenvalue weighted by Crippen LogP contribution is -2.32. The number of amides is 1. The highest BCUT2D eigenvalue weighted by molar-refractivity contribution is 5.74. The van der Waals surface area contributed by atoms with Crippen LogP contribution in [0.4, 0.5) is 0 Å². The Bertz CT molecular complexity index is 206. The Morgan fingerprint density at radius 3 is 2.93 bits per heavy atom. The second kappa shape index (κ2) is 4.72. The maximum absolute atomic E-state index is 10.3. The van der Waals surface area contributed by atoms with Crippen molar-refractivity contribution in [3.63, 3.8) is 0 Å². The lowest BCUT2D eigenvalue weighted by atomic mass is 10.1. The smallest absolute Gasteiger partial charge is 0.245 e. The van der Waals surface area contributed by atoms with Crippen molar-refractivity contribution >= 4 is 5.91 Å². The Morgan fingerprint density at radius 1 is 1.71 bits per heavy atom. The van der Waals surface area contributed by atoms with Crippen LogP contribution in [0.25, 0.3) is 0 Å². The summed E-state index contributed by atoms with van der Waals surface area (Å²) in [5.41, 5.74) is 7.53. The van der Waals surface area contributed by atoms with Gasteiger partial charge in [-0.3, -0.25) is 9.63 Å². The molecule has 1 fully saturated rings. The van der Waals surface area contributed by atoms with Crippen molar-refractivity contribution in [1.29, 1.82) is 0 Å². The van der Waals surface area contributed by atoms with Crippen LogP contribution in [0.2, 0.25) is 0 Å². The van der Waals surface area contributed by atoms with Gasteiger partial charge in [0.1, 0.15) is 6.61 Å². The van der Waals surface area contributed by atoms with Gasteiger partial charge < -0.3 is 10.5 Å². The molecule has 1 unspecified atom stereocenters. The number of ether oxygens (including phenoxy) is 1. The molecule has 1 saturated heterocycles. The predicted octanol–water partition coefficient (Wildman–Crippen LogP) is -0.0495. The van der Waals surface area contributed by atoms with E-state index in [0.717, 1.165) is 12.8 Å². The summed E-state index contributed by atoms with van der Waals surface area (Å²) in [5.74, 6) is -0.481. The average Bonchev–Trinajstić information content (AvgIpc) is 2.39. The van der Waals surface area contributed by atoms with E-state index in [1.807, 2.05) is 0 Å². The number of carbonyl (C=O) groups is 1. The molecule has 3 N–H and O–H groups in total. The standard InChI is InChI=1S/C9H18N2O3/c1-9(2)4-3-7(14-9)5-11-13-6-8(10)12/h7,11H,3-6H2,1-2H3,(H2,10,12). The van der Waals surface area contributed by atoms with Crippen molar-refractivity contribution in [3.8, 4) is 0 Å². The molecule has 0 saturated carbocycles. The van der Waals surface area contributed by atoms with Gasteiger partial charge in [-0.1, -0.05) is 0 Å². The summed E-state index contributed by atoms with van der Waals surface area (Å²) in [6.07, 6.45) is 2.23. The first kappa shape index (κ1) is 11.4. The van der Waals surface area contributed by atoms with Crippen LogP contribution >= 0.6 is 0 Å². The molecule has 0 aromatic rings. The third kappa shape index (κ3) is 4.04. The SMILES string of the molecule is CC1(C)CCC(CNOCC(N)=O)O1. The first-order chi connectivity index (χ1) is 6.49. The number of hydrogen-bond acceptors (Lipinski definition) is 4. The summed E-state index contributed by atoms with van der Waals surface area (Å²) in [7, 11) is 0. The highest BCUT2D eigenvalue weighted by atomic mass is 16.6. The fraction of sp³-hybridized carbons (Fsp3) is 0.889. The Hall–Kier alpha value is -0.650. The summed E-state index contributed by atoms with van der Waals surface area (Å²) in [6, 6.07) is 0. The average molecular weight is 202 g/mol. The molecule has 0 aromatic carbocycles. The molecule has 5 nitrogen and oxygen atoms in total. The van der Waals surface area contributed by atoms with Crippen LogP contribution in [-0.2, 0) is 14.4 Å². The van der Waals surface area contributed by atoms with E-state index in [1.54, 1.807) is 0 Å². The van der Waals surface area contributed by atoms with Gasteiger partial charge in [-0.15, -0.1) is 0 Å². The van der Waals surface area contributed by atoms with E-state index in [4.69, 9.17) is 15.3 Å². The Balaban J connectivity index is 2.06. The summed E-state index contributed by atoms with van der Waals surface area (Å²) < 4.78 is 5.70. The van der Waals surface area contributed by atoms with Gasteiger partial charge in [-0.2, -0.15) is 5.48 Å². The van der Waals surface area contributed by atoms with E-state index in [2.05, 4.69) is 19.3 Å². The van der Waals surface area contributed by atoms with Crippen molar-refractivity contribution in [2.24, 2.45) is 5.73 Å². The third-order valence-corrected chi connectivity index (χ3v) is 2.18. The van der Waals surface area contributed by atoms with Gasteiger partial charge >= 0.3 is 0 Å². The van der Waals surface area contributed by atoms with E-state index in [9.17, 15) is 4.79 Å². The molecule has 5 heteroatoms. The van der Waals surface area contributed by atoms with Gasteiger partial charge in [0.2, 0.25) is 5.91 Å². The highest BCUT2D eigenvalue weighted by Gasteiger charge is 2.31. The molecule has 14 heavy (non-hydrogen) atoms. The fourth-order valence-electron chi connectivity index (χ4n) is 1.50. The van der Waals surface area contributed by atoms with E-state index in [1.165, 1.54) is 0 Å². The molecule has 1 aliphatic rings. The predicted molar refractivity (Wildman–Crippen MR) is 51.3 cm³/mol. The molecule has 0 bridgehead atoms. The minimum Gasteiger partial charge on any atom is -0.371 e. The Labute approximate surface area is 83.9 Å². The molecule has 0 aliphatic carbocycles. The zero-order chi connectivity index (χ0) is 10.6. The van der Waals surface area contributed by atoms with Gasteiger partial charge in [0.15, 0.2) is 0 Å². The molecule has 0 spiro atoms. The monoisotopic (exact) mass is 202 g/mol. The molecule has 82 valence electrons. The quantitative estimate of drug-likeness (QED) is 0.484. The zero-order valence-electron chi connectivity index (χ0n) is 8.71. The second-order valence-corrected chi connectivity index (χ2v) is 4.14. The third-order valence-electron chi connectivity index (χ3n) is 2.18. The largest absolute Gasteiger partial charge is 0.371 e. The normalized spacial score (nSPS) is 25.1. The van der Waals surface area contributed by atoms with E-state index in [-0.39, 0.29) is 18.3 Å². The van der Waals surface area contributed by atoms with E-state index in [0.29, 0.717) is 6.54 Å². The van der Waals surface area contributed by atoms with Crippen LogP contribution in [0.5, 0.6) is 0 Å². The molecule has 1 atom stereocenters. The number of nitrogens with two attached hydrogens (primary N) is 1. The zero-order valence-corrected chi connectivity index (χ0v) is 8.71. The highest BCUT2D eigenvalue weighted by Crippen LogP contribution is 2.28. The van der Waals surface area contributed by atoms with Gasteiger partial charge in [0.05, 0.1) is 11.7 Å². The van der Waals surface area contributed by atoms with Crippen molar-refractivity contribution in [1.82, 2.24) is 5.48 Å². The first-order valence-electron chi connectivity index (χ1n) is 4.80. The maximum atomic E-state index is 10.3. The maximum Gasteiger partial charge on any atom is 0.245 e. The number of hydrogen-bond donors (Lipinski definition) is 2. The van der Waals surface area contributed by atoms with Crippen LogP contribution in [0, 0.1) is 0 Å². The minimum absolute atomic E-state index is 0.0317. The first-order valence-corrected chi connectivity index (χ1v) is 4.80. The van der Waals surface area contributed by atoms with Gasteiger partial charge in [0, 0.05) is 6.54 Å². The minimum atomic E-state index is -0.481. The molecule has 1 heterocycles. The van der Waals surface area contributed by atoms with Crippen molar-refractivity contribution < 1.29 is 14.4 Å². The number of rotatable bonds is 5. The number of primary amides is 1. The summed E-state index contributed by atoms with van der Waals surface area (Å²) >= 11 is 0. The molecule has 1 rings (SSSR count).